The molecule has 0 aliphatic heterocycles. The van der Waals surface area contributed by atoms with Crippen LogP contribution in [0.4, 0.5) is 0 Å². The monoisotopic (exact) mass is 172 g/mol. The quantitative estimate of drug-likeness (QED) is 0.609. The second-order valence-electron chi connectivity index (χ2n) is 3.20. The summed E-state index contributed by atoms with van der Waals surface area (Å²) in [4.78, 5) is 0. The molecule has 0 bridgehead atoms. The molecule has 1 aromatic carbocycles. The van der Waals surface area contributed by atoms with E-state index >= 15 is 0 Å². The van der Waals surface area contributed by atoms with Gasteiger partial charge in [-0.1, -0.05) is 54.1 Å². The zero-order chi connectivity index (χ0) is 9.52. The molecule has 0 N–H and O–H groups in total. The lowest BCUT2D eigenvalue weighted by Crippen LogP contribution is -1.84. The molecule has 0 aromatic heterocycles. The molecule has 0 heterocycles. The summed E-state index contributed by atoms with van der Waals surface area (Å²) in [5.41, 5.74) is 2.77. The highest BCUT2D eigenvalue weighted by Gasteiger charge is 1.91. The molecule has 68 valence electrons. The van der Waals surface area contributed by atoms with Crippen molar-refractivity contribution in [1.82, 2.24) is 0 Å². The Bertz CT molecular complexity index is 291. The van der Waals surface area contributed by atoms with Crippen LogP contribution >= 0.6 is 0 Å². The maximum absolute atomic E-state index is 2.16. The molecule has 0 fully saturated rings. The van der Waals surface area contributed by atoms with Gasteiger partial charge >= 0.3 is 0 Å². The summed E-state index contributed by atoms with van der Waals surface area (Å²) < 4.78 is 0. The summed E-state index contributed by atoms with van der Waals surface area (Å²) in [5, 5.41) is 0. The van der Waals surface area contributed by atoms with Crippen molar-refractivity contribution >= 4 is 0 Å². The standard InChI is InChI=1S/C13H16/c1-3-4-8-12(2)11-13-9-6-5-7-10-13/h3-10H,11H2,1-2H3/b4-3-,12-8+. The number of hydrogen-bond donors (Lipinski definition) is 0. The SMILES string of the molecule is C/C=C\C=C(/C)Cc1ccccc1. The van der Waals surface area contributed by atoms with Crippen molar-refractivity contribution < 1.29 is 0 Å². The maximum atomic E-state index is 2.16. The second kappa shape index (κ2) is 5.36. The van der Waals surface area contributed by atoms with Crippen LogP contribution in [-0.4, -0.2) is 0 Å². The average molecular weight is 172 g/mol. The number of hydrogen-bond acceptors (Lipinski definition) is 0. The highest BCUT2D eigenvalue weighted by Crippen LogP contribution is 2.06. The summed E-state index contributed by atoms with van der Waals surface area (Å²) in [5.74, 6) is 0. The lowest BCUT2D eigenvalue weighted by molar-refractivity contribution is 1.14. The van der Waals surface area contributed by atoms with Gasteiger partial charge in [0.25, 0.3) is 0 Å². The molecule has 13 heavy (non-hydrogen) atoms. The predicted octanol–water partition coefficient (Wildman–Crippen LogP) is 3.75. The Morgan fingerprint density at radius 3 is 2.54 bits per heavy atom. The van der Waals surface area contributed by atoms with Crippen molar-refractivity contribution in [3.63, 3.8) is 0 Å². The van der Waals surface area contributed by atoms with Gasteiger partial charge in [-0.05, 0) is 25.8 Å². The number of allylic oxidation sites excluding steroid dienone is 4. The maximum Gasteiger partial charge on any atom is -0.00668 e. The van der Waals surface area contributed by atoms with E-state index in [0.29, 0.717) is 0 Å². The molecule has 0 heteroatoms. The van der Waals surface area contributed by atoms with E-state index in [1.165, 1.54) is 11.1 Å². The van der Waals surface area contributed by atoms with E-state index in [-0.39, 0.29) is 0 Å². The third-order valence-corrected chi connectivity index (χ3v) is 1.90. The van der Waals surface area contributed by atoms with E-state index < -0.39 is 0 Å². The van der Waals surface area contributed by atoms with E-state index in [2.05, 4.69) is 55.5 Å². The predicted molar refractivity (Wildman–Crippen MR) is 58.7 cm³/mol. The first-order valence-corrected chi connectivity index (χ1v) is 4.65. The Morgan fingerprint density at radius 1 is 1.23 bits per heavy atom. The van der Waals surface area contributed by atoms with Crippen molar-refractivity contribution in [3.05, 3.63) is 59.7 Å². The lowest BCUT2D eigenvalue weighted by atomic mass is 10.1. The summed E-state index contributed by atoms with van der Waals surface area (Å²) in [7, 11) is 0. The minimum atomic E-state index is 1.05. The van der Waals surface area contributed by atoms with Gasteiger partial charge in [-0.2, -0.15) is 0 Å². The Hall–Kier alpha value is -1.30. The average Bonchev–Trinajstić information content (AvgIpc) is 2.16. The Morgan fingerprint density at radius 2 is 1.92 bits per heavy atom. The van der Waals surface area contributed by atoms with Crippen LogP contribution in [0.3, 0.4) is 0 Å². The van der Waals surface area contributed by atoms with Crippen LogP contribution in [0.5, 0.6) is 0 Å². The van der Waals surface area contributed by atoms with Gasteiger partial charge < -0.3 is 0 Å². The fraction of sp³-hybridized carbons (Fsp3) is 0.231. The van der Waals surface area contributed by atoms with E-state index in [1.54, 1.807) is 0 Å². The van der Waals surface area contributed by atoms with Crippen LogP contribution in [0.25, 0.3) is 0 Å². The van der Waals surface area contributed by atoms with E-state index in [1.807, 2.05) is 6.92 Å². The molecule has 0 saturated carbocycles. The molecule has 0 unspecified atom stereocenters. The molecule has 0 atom stereocenters. The molecule has 1 rings (SSSR count). The largest absolute Gasteiger partial charge is 0.0877 e. The summed E-state index contributed by atoms with van der Waals surface area (Å²) in [6, 6.07) is 10.5. The minimum Gasteiger partial charge on any atom is -0.0877 e. The molecule has 0 aliphatic rings. The van der Waals surface area contributed by atoms with Gasteiger partial charge in [-0.15, -0.1) is 0 Å². The normalized spacial score (nSPS) is 12.3. The van der Waals surface area contributed by atoms with Crippen molar-refractivity contribution in [2.45, 2.75) is 20.3 Å². The van der Waals surface area contributed by atoms with E-state index in [0.717, 1.165) is 6.42 Å². The second-order valence-corrected chi connectivity index (χ2v) is 3.20. The summed E-state index contributed by atoms with van der Waals surface area (Å²) in [6.45, 7) is 4.19. The summed E-state index contributed by atoms with van der Waals surface area (Å²) >= 11 is 0. The van der Waals surface area contributed by atoms with Crippen molar-refractivity contribution in [1.29, 1.82) is 0 Å². The smallest absolute Gasteiger partial charge is 0.00668 e. The Kier molecular flexibility index (Phi) is 4.04. The third kappa shape index (κ3) is 3.75. The molecule has 0 radical (unpaired) electrons. The fourth-order valence-electron chi connectivity index (χ4n) is 1.24. The molecule has 0 amide bonds. The first kappa shape index (κ1) is 9.79. The molecule has 0 saturated heterocycles. The van der Waals surface area contributed by atoms with Crippen LogP contribution < -0.4 is 0 Å². The van der Waals surface area contributed by atoms with Crippen molar-refractivity contribution in [2.24, 2.45) is 0 Å². The van der Waals surface area contributed by atoms with Gasteiger partial charge in [0, 0.05) is 0 Å². The van der Waals surface area contributed by atoms with Gasteiger partial charge in [-0.25, -0.2) is 0 Å². The van der Waals surface area contributed by atoms with Crippen LogP contribution in [0.2, 0.25) is 0 Å². The molecule has 0 aliphatic carbocycles. The van der Waals surface area contributed by atoms with Gasteiger partial charge in [-0.3, -0.25) is 0 Å². The topological polar surface area (TPSA) is 0 Å². The fourth-order valence-corrected chi connectivity index (χ4v) is 1.24. The minimum absolute atomic E-state index is 1.05. The van der Waals surface area contributed by atoms with Gasteiger partial charge in [0.15, 0.2) is 0 Å². The van der Waals surface area contributed by atoms with E-state index in [4.69, 9.17) is 0 Å². The van der Waals surface area contributed by atoms with Crippen molar-refractivity contribution in [2.75, 3.05) is 0 Å². The highest BCUT2D eigenvalue weighted by atomic mass is 14.0. The van der Waals surface area contributed by atoms with Gasteiger partial charge in [0.1, 0.15) is 0 Å². The highest BCUT2D eigenvalue weighted by molar-refractivity contribution is 5.22. The number of rotatable bonds is 3. The first-order valence-electron chi connectivity index (χ1n) is 4.65. The zero-order valence-corrected chi connectivity index (χ0v) is 8.33. The van der Waals surface area contributed by atoms with Gasteiger partial charge in [0.2, 0.25) is 0 Å². The van der Waals surface area contributed by atoms with Crippen LogP contribution in [-0.2, 0) is 6.42 Å². The Labute approximate surface area is 80.6 Å². The zero-order valence-electron chi connectivity index (χ0n) is 8.33. The van der Waals surface area contributed by atoms with E-state index in [9.17, 15) is 0 Å². The first-order chi connectivity index (χ1) is 6.33. The lowest BCUT2D eigenvalue weighted by Gasteiger charge is -1.99. The van der Waals surface area contributed by atoms with Crippen LogP contribution in [0, 0.1) is 0 Å². The Balaban J connectivity index is 2.60. The molecule has 1 aromatic rings. The van der Waals surface area contributed by atoms with Crippen molar-refractivity contribution in [3.8, 4) is 0 Å². The molecular weight excluding hydrogens is 156 g/mol. The molecular formula is C13H16. The molecule has 0 spiro atoms. The summed E-state index contributed by atoms with van der Waals surface area (Å²) in [6.07, 6.45) is 7.34. The van der Waals surface area contributed by atoms with Crippen LogP contribution in [0.15, 0.2) is 54.1 Å². The molecule has 0 nitrogen and oxygen atoms in total. The number of benzene rings is 1. The van der Waals surface area contributed by atoms with Gasteiger partial charge in [0.05, 0.1) is 0 Å². The third-order valence-electron chi connectivity index (χ3n) is 1.90. The van der Waals surface area contributed by atoms with Crippen LogP contribution in [0.1, 0.15) is 19.4 Å².